The molecule has 0 saturated carbocycles. The predicted molar refractivity (Wildman–Crippen MR) is 141 cm³/mol. The Kier molecular flexibility index (Phi) is 6.30. The van der Waals surface area contributed by atoms with Crippen LogP contribution in [-0.4, -0.2) is 5.84 Å². The highest BCUT2D eigenvalue weighted by Gasteiger charge is 2.35. The van der Waals surface area contributed by atoms with Crippen molar-refractivity contribution in [1.82, 2.24) is 5.43 Å². The van der Waals surface area contributed by atoms with Crippen LogP contribution >= 0.6 is 0 Å². The van der Waals surface area contributed by atoms with Gasteiger partial charge in [0.15, 0.2) is 12.0 Å². The minimum Gasteiger partial charge on any atom is -0.234 e. The standard InChI is InChI=1S/C30H29N4/c1-3-23(2)24-19-21-26(22-20-24)30-33(27-15-9-5-10-16-27)31-29(25-13-7-4-8-14-25)32-34(30)28-17-11-6-12-18-28/h4-23,30H,3H2,1-2H3. The van der Waals surface area contributed by atoms with E-state index in [1.54, 1.807) is 0 Å². The van der Waals surface area contributed by atoms with Gasteiger partial charge in [0.25, 0.3) is 0 Å². The van der Waals surface area contributed by atoms with Gasteiger partial charge in [-0.2, -0.15) is 0 Å². The maximum Gasteiger partial charge on any atom is 0.199 e. The monoisotopic (exact) mass is 445 g/mol. The summed E-state index contributed by atoms with van der Waals surface area (Å²) in [5.41, 5.74) is 10.6. The molecule has 2 unspecified atom stereocenters. The fraction of sp³-hybridized carbons (Fsp3) is 0.167. The molecule has 5 rings (SSSR count). The van der Waals surface area contributed by atoms with Crippen LogP contribution in [0.5, 0.6) is 0 Å². The molecule has 4 nitrogen and oxygen atoms in total. The zero-order valence-electron chi connectivity index (χ0n) is 19.6. The zero-order valence-corrected chi connectivity index (χ0v) is 19.6. The Balaban J connectivity index is 1.66. The lowest BCUT2D eigenvalue weighted by Crippen LogP contribution is -2.51. The maximum atomic E-state index is 5.07. The van der Waals surface area contributed by atoms with E-state index in [0.717, 1.165) is 28.9 Å². The molecule has 1 radical (unpaired) electrons. The molecule has 0 bridgehead atoms. The minimum atomic E-state index is -0.219. The summed E-state index contributed by atoms with van der Waals surface area (Å²) in [6.07, 6.45) is 0.901. The summed E-state index contributed by atoms with van der Waals surface area (Å²) in [6.45, 7) is 4.50. The molecular weight excluding hydrogens is 416 g/mol. The second kappa shape index (κ2) is 9.84. The van der Waals surface area contributed by atoms with Crippen molar-refractivity contribution in [3.8, 4) is 0 Å². The van der Waals surface area contributed by atoms with Gasteiger partial charge in [0.2, 0.25) is 0 Å². The van der Waals surface area contributed by atoms with E-state index in [2.05, 4.69) is 109 Å². The second-order valence-electron chi connectivity index (χ2n) is 8.60. The molecule has 2 atom stereocenters. The zero-order chi connectivity index (χ0) is 23.3. The summed E-state index contributed by atoms with van der Waals surface area (Å²) in [5.74, 6) is 1.21. The van der Waals surface area contributed by atoms with Crippen molar-refractivity contribution in [2.24, 2.45) is 5.10 Å². The highest BCUT2D eigenvalue weighted by Crippen LogP contribution is 2.36. The van der Waals surface area contributed by atoms with Crippen molar-refractivity contribution in [1.29, 1.82) is 0 Å². The van der Waals surface area contributed by atoms with Gasteiger partial charge in [-0.25, -0.2) is 10.0 Å². The molecule has 0 saturated heterocycles. The Morgan fingerprint density at radius 2 is 1.21 bits per heavy atom. The van der Waals surface area contributed by atoms with Gasteiger partial charge in [-0.3, -0.25) is 0 Å². The van der Waals surface area contributed by atoms with Gasteiger partial charge in [0.05, 0.1) is 11.4 Å². The number of para-hydroxylation sites is 2. The lowest BCUT2D eigenvalue weighted by Gasteiger charge is -2.42. The molecule has 0 aliphatic carbocycles. The van der Waals surface area contributed by atoms with Crippen LogP contribution in [-0.2, 0) is 0 Å². The normalized spacial score (nSPS) is 16.5. The van der Waals surface area contributed by atoms with Crippen molar-refractivity contribution in [3.05, 3.63) is 132 Å². The quantitative estimate of drug-likeness (QED) is 0.317. The first-order chi connectivity index (χ1) is 16.7. The Labute approximate surface area is 202 Å². The Morgan fingerprint density at radius 3 is 1.76 bits per heavy atom. The maximum absolute atomic E-state index is 5.07. The third-order valence-electron chi connectivity index (χ3n) is 6.36. The highest BCUT2D eigenvalue weighted by atomic mass is 15.7. The van der Waals surface area contributed by atoms with Gasteiger partial charge >= 0.3 is 0 Å². The Hall–Kier alpha value is -4.05. The molecule has 0 N–H and O–H groups in total. The molecule has 4 aromatic rings. The van der Waals surface area contributed by atoms with Crippen LogP contribution in [0.1, 0.15) is 49.0 Å². The van der Waals surface area contributed by atoms with Crippen molar-refractivity contribution >= 4 is 17.2 Å². The van der Waals surface area contributed by atoms with Crippen LogP contribution in [0.2, 0.25) is 0 Å². The molecule has 169 valence electrons. The van der Waals surface area contributed by atoms with Crippen LogP contribution < -0.4 is 15.4 Å². The summed E-state index contributed by atoms with van der Waals surface area (Å²) in [7, 11) is 0. The number of hydrogen-bond acceptors (Lipinski definition) is 3. The van der Waals surface area contributed by atoms with Crippen molar-refractivity contribution in [3.63, 3.8) is 0 Å². The number of nitrogens with zero attached hydrogens (tertiary/aromatic N) is 4. The van der Waals surface area contributed by atoms with Crippen molar-refractivity contribution in [2.75, 3.05) is 10.0 Å². The van der Waals surface area contributed by atoms with Gasteiger partial charge in [0, 0.05) is 5.56 Å². The summed E-state index contributed by atoms with van der Waals surface area (Å²) in [6, 6.07) is 39.7. The number of amidine groups is 1. The second-order valence-corrected chi connectivity index (χ2v) is 8.60. The number of hydrogen-bond donors (Lipinski definition) is 0. The third kappa shape index (κ3) is 4.40. The van der Waals surface area contributed by atoms with E-state index in [1.807, 2.05) is 30.3 Å². The molecule has 4 aromatic carbocycles. The van der Waals surface area contributed by atoms with E-state index in [4.69, 9.17) is 10.5 Å². The van der Waals surface area contributed by atoms with E-state index in [1.165, 1.54) is 5.56 Å². The average Bonchev–Trinajstić information content (AvgIpc) is 2.93. The lowest BCUT2D eigenvalue weighted by atomic mass is 9.97. The fourth-order valence-electron chi connectivity index (χ4n) is 4.21. The van der Waals surface area contributed by atoms with Crippen molar-refractivity contribution in [2.45, 2.75) is 32.4 Å². The highest BCUT2D eigenvalue weighted by molar-refractivity contribution is 6.00. The van der Waals surface area contributed by atoms with E-state index >= 15 is 0 Å². The molecule has 1 heterocycles. The van der Waals surface area contributed by atoms with Crippen LogP contribution in [0.4, 0.5) is 11.4 Å². The molecule has 0 aromatic heterocycles. The largest absolute Gasteiger partial charge is 0.234 e. The summed E-state index contributed by atoms with van der Waals surface area (Å²) in [4.78, 5) is 0. The van der Waals surface area contributed by atoms with Crippen LogP contribution in [0.3, 0.4) is 0 Å². The topological polar surface area (TPSA) is 32.9 Å². The number of hydrazone groups is 1. The molecular formula is C30H29N4. The molecule has 1 aliphatic rings. The van der Waals surface area contributed by atoms with E-state index in [0.29, 0.717) is 11.8 Å². The molecule has 0 amide bonds. The van der Waals surface area contributed by atoms with Crippen LogP contribution in [0.25, 0.3) is 0 Å². The smallest absolute Gasteiger partial charge is 0.199 e. The van der Waals surface area contributed by atoms with Gasteiger partial charge < -0.3 is 0 Å². The lowest BCUT2D eigenvalue weighted by molar-refractivity contribution is 0.533. The van der Waals surface area contributed by atoms with Gasteiger partial charge in [-0.1, -0.05) is 105 Å². The molecule has 0 spiro atoms. The molecule has 4 heteroatoms. The summed E-state index contributed by atoms with van der Waals surface area (Å²) in [5, 5.41) is 9.24. The number of benzene rings is 4. The van der Waals surface area contributed by atoms with E-state index in [-0.39, 0.29) is 6.17 Å². The molecule has 34 heavy (non-hydrogen) atoms. The first kappa shape index (κ1) is 21.8. The number of rotatable bonds is 6. The van der Waals surface area contributed by atoms with Crippen LogP contribution in [0, 0.1) is 0 Å². The fourth-order valence-corrected chi connectivity index (χ4v) is 4.21. The minimum absolute atomic E-state index is 0.219. The average molecular weight is 446 g/mol. The third-order valence-corrected chi connectivity index (χ3v) is 6.36. The van der Waals surface area contributed by atoms with Gasteiger partial charge in [-0.05, 0) is 47.7 Å². The SMILES string of the molecule is CCC(C)c1ccc(C2N(c3ccccc3)[N]C(c3ccccc3)=NN2c2ccccc2)cc1. The number of anilines is 2. The van der Waals surface area contributed by atoms with Crippen LogP contribution in [0.15, 0.2) is 120 Å². The van der Waals surface area contributed by atoms with E-state index < -0.39 is 0 Å². The van der Waals surface area contributed by atoms with Crippen molar-refractivity contribution < 1.29 is 0 Å². The Morgan fingerprint density at radius 1 is 0.676 bits per heavy atom. The molecule has 0 fully saturated rings. The van der Waals surface area contributed by atoms with Gasteiger partial charge in [0.1, 0.15) is 0 Å². The predicted octanol–water partition coefficient (Wildman–Crippen LogP) is 7.11. The van der Waals surface area contributed by atoms with Gasteiger partial charge in [-0.15, -0.1) is 10.5 Å². The van der Waals surface area contributed by atoms with E-state index in [9.17, 15) is 0 Å². The first-order valence-corrected chi connectivity index (χ1v) is 11.9. The Bertz CT molecular complexity index is 1220. The summed E-state index contributed by atoms with van der Waals surface area (Å²) < 4.78 is 0. The first-order valence-electron chi connectivity index (χ1n) is 11.9. The molecule has 1 aliphatic heterocycles. The summed E-state index contributed by atoms with van der Waals surface area (Å²) >= 11 is 0.